The van der Waals surface area contributed by atoms with Crippen LogP contribution in [-0.2, 0) is 14.3 Å². The summed E-state index contributed by atoms with van der Waals surface area (Å²) in [5.41, 5.74) is 0.0255. The number of ether oxygens (including phenoxy) is 1. The van der Waals surface area contributed by atoms with Crippen LogP contribution in [0.1, 0.15) is 17.4 Å². The number of hydrogen-bond acceptors (Lipinski definition) is 5. The van der Waals surface area contributed by atoms with E-state index in [0.717, 1.165) is 6.07 Å². The van der Waals surface area contributed by atoms with Crippen molar-refractivity contribution >= 4 is 34.4 Å². The highest BCUT2D eigenvalue weighted by molar-refractivity contribution is 6.03. The average molecular weight is 420 g/mol. The molecule has 8 nitrogen and oxygen atoms in total. The Morgan fingerprint density at radius 3 is 2.60 bits per heavy atom. The number of para-hydroxylation sites is 1. The highest BCUT2D eigenvalue weighted by Gasteiger charge is 2.23. The molecule has 0 bridgehead atoms. The Hall–Kier alpha value is -3.89. The molecule has 0 fully saturated rings. The van der Waals surface area contributed by atoms with E-state index in [9.17, 15) is 27.6 Å². The van der Waals surface area contributed by atoms with Crippen molar-refractivity contribution in [1.29, 1.82) is 0 Å². The molecule has 3 N–H and O–H groups in total. The molecule has 1 atom stereocenters. The van der Waals surface area contributed by atoms with E-state index >= 15 is 0 Å². The summed E-state index contributed by atoms with van der Waals surface area (Å²) in [5, 5.41) is 11.2. The first-order valence-electron chi connectivity index (χ1n) is 8.63. The molecule has 1 aromatic heterocycles. The van der Waals surface area contributed by atoms with Gasteiger partial charge in [-0.25, -0.2) is 18.0 Å². The molecule has 156 valence electrons. The van der Waals surface area contributed by atoms with Crippen LogP contribution in [0, 0.1) is 17.5 Å². The van der Waals surface area contributed by atoms with Gasteiger partial charge in [0, 0.05) is 5.39 Å². The number of amides is 2. The number of carbonyl (C=O) groups excluding carboxylic acids is 3. The van der Waals surface area contributed by atoms with E-state index in [4.69, 9.17) is 4.74 Å². The molecule has 0 radical (unpaired) electrons. The molecular weight excluding hydrogens is 405 g/mol. The van der Waals surface area contributed by atoms with Crippen LogP contribution in [0.3, 0.4) is 0 Å². The van der Waals surface area contributed by atoms with Crippen molar-refractivity contribution in [3.05, 3.63) is 59.5 Å². The smallest absolute Gasteiger partial charge is 0.360 e. The largest absolute Gasteiger partial charge is 0.448 e. The minimum absolute atomic E-state index is 0.00296. The van der Waals surface area contributed by atoms with E-state index in [-0.39, 0.29) is 5.69 Å². The molecule has 30 heavy (non-hydrogen) atoms. The lowest BCUT2D eigenvalue weighted by molar-refractivity contribution is -0.130. The number of halogens is 3. The van der Waals surface area contributed by atoms with Gasteiger partial charge in [0.15, 0.2) is 29.2 Å². The van der Waals surface area contributed by atoms with Crippen molar-refractivity contribution in [2.75, 3.05) is 11.9 Å². The van der Waals surface area contributed by atoms with Gasteiger partial charge in [-0.15, -0.1) is 0 Å². The SMILES string of the molecule is C[C@H](OC(=O)c1n[nH]c2ccccc12)C(=O)NCC(=O)Nc1ccc(F)c(F)c1F. The summed E-state index contributed by atoms with van der Waals surface area (Å²) in [6, 6.07) is 8.31. The van der Waals surface area contributed by atoms with Gasteiger partial charge >= 0.3 is 5.97 Å². The number of nitrogens with zero attached hydrogens (tertiary/aromatic N) is 1. The molecule has 3 aromatic rings. The van der Waals surface area contributed by atoms with Crippen LogP contribution in [0.4, 0.5) is 18.9 Å². The molecule has 2 aromatic carbocycles. The molecule has 2 amide bonds. The van der Waals surface area contributed by atoms with Crippen LogP contribution in [-0.4, -0.2) is 40.6 Å². The van der Waals surface area contributed by atoms with E-state index in [1.165, 1.54) is 6.92 Å². The van der Waals surface area contributed by atoms with Crippen molar-refractivity contribution in [2.45, 2.75) is 13.0 Å². The van der Waals surface area contributed by atoms with Gasteiger partial charge in [-0.1, -0.05) is 18.2 Å². The summed E-state index contributed by atoms with van der Waals surface area (Å²) in [4.78, 5) is 36.1. The van der Waals surface area contributed by atoms with Crippen molar-refractivity contribution in [3.8, 4) is 0 Å². The second-order valence-electron chi connectivity index (χ2n) is 6.15. The zero-order chi connectivity index (χ0) is 21.8. The topological polar surface area (TPSA) is 113 Å². The number of nitrogens with one attached hydrogen (secondary N) is 3. The van der Waals surface area contributed by atoms with E-state index < -0.39 is 53.6 Å². The van der Waals surface area contributed by atoms with Crippen LogP contribution >= 0.6 is 0 Å². The fraction of sp³-hybridized carbons (Fsp3) is 0.158. The maximum atomic E-state index is 13.6. The third kappa shape index (κ3) is 4.40. The Morgan fingerprint density at radius 2 is 1.83 bits per heavy atom. The molecule has 0 aliphatic carbocycles. The van der Waals surface area contributed by atoms with Crippen LogP contribution in [0.25, 0.3) is 10.9 Å². The van der Waals surface area contributed by atoms with E-state index in [2.05, 4.69) is 15.5 Å². The van der Waals surface area contributed by atoms with Crippen molar-refractivity contribution in [2.24, 2.45) is 0 Å². The van der Waals surface area contributed by atoms with Crippen LogP contribution in [0.2, 0.25) is 0 Å². The molecule has 0 aliphatic rings. The fourth-order valence-electron chi connectivity index (χ4n) is 2.52. The van der Waals surface area contributed by atoms with Crippen LogP contribution in [0.5, 0.6) is 0 Å². The Morgan fingerprint density at radius 1 is 1.10 bits per heavy atom. The second kappa shape index (κ2) is 8.64. The van der Waals surface area contributed by atoms with Crippen LogP contribution in [0.15, 0.2) is 36.4 Å². The van der Waals surface area contributed by atoms with Gasteiger partial charge in [0.1, 0.15) is 0 Å². The number of anilines is 1. The minimum atomic E-state index is -1.73. The minimum Gasteiger partial charge on any atom is -0.448 e. The maximum absolute atomic E-state index is 13.6. The number of carbonyl (C=O) groups is 3. The molecular formula is C19H15F3N4O4. The Labute approximate surface area is 167 Å². The van der Waals surface area contributed by atoms with Gasteiger partial charge in [-0.05, 0) is 25.1 Å². The summed E-state index contributed by atoms with van der Waals surface area (Å²) in [6.45, 7) is 0.666. The first kappa shape index (κ1) is 20.8. The number of benzene rings is 2. The standard InChI is InChI=1S/C19H15F3N4O4/c1-9(30-19(29)17-10-4-2-3-5-12(10)25-26-17)18(28)23-8-14(27)24-13-7-6-11(20)15(21)16(13)22/h2-7,9H,8H2,1H3,(H,23,28)(H,24,27)(H,25,26)/t9-/m0/s1. The Kier molecular flexibility index (Phi) is 6.00. The fourth-order valence-corrected chi connectivity index (χ4v) is 2.52. The lowest BCUT2D eigenvalue weighted by Crippen LogP contribution is -2.40. The summed E-state index contributed by atoms with van der Waals surface area (Å²) >= 11 is 0. The summed E-state index contributed by atoms with van der Waals surface area (Å²) in [7, 11) is 0. The number of aromatic amines is 1. The molecule has 1 heterocycles. The maximum Gasteiger partial charge on any atom is 0.360 e. The third-order valence-electron chi connectivity index (χ3n) is 4.05. The second-order valence-corrected chi connectivity index (χ2v) is 6.15. The summed E-state index contributed by atoms with van der Waals surface area (Å²) in [5.74, 6) is -7.25. The highest BCUT2D eigenvalue weighted by atomic mass is 19.2. The van der Waals surface area contributed by atoms with Crippen molar-refractivity contribution in [1.82, 2.24) is 15.5 Å². The Balaban J connectivity index is 1.53. The Bertz CT molecular complexity index is 1130. The van der Waals surface area contributed by atoms with Crippen LogP contribution < -0.4 is 10.6 Å². The number of esters is 1. The predicted molar refractivity (Wildman–Crippen MR) is 98.9 cm³/mol. The molecule has 0 saturated carbocycles. The molecule has 11 heteroatoms. The normalized spacial score (nSPS) is 11.7. The first-order valence-corrected chi connectivity index (χ1v) is 8.63. The molecule has 3 rings (SSSR count). The van der Waals surface area contributed by atoms with Gasteiger partial charge in [0.05, 0.1) is 17.7 Å². The lowest BCUT2D eigenvalue weighted by Gasteiger charge is -2.13. The number of rotatable bonds is 6. The number of aromatic nitrogens is 2. The zero-order valence-corrected chi connectivity index (χ0v) is 15.5. The van der Waals surface area contributed by atoms with Gasteiger partial charge in [0.2, 0.25) is 5.91 Å². The highest BCUT2D eigenvalue weighted by Crippen LogP contribution is 2.19. The molecule has 0 spiro atoms. The molecule has 0 unspecified atom stereocenters. The van der Waals surface area contributed by atoms with E-state index in [0.29, 0.717) is 17.0 Å². The lowest BCUT2D eigenvalue weighted by atomic mass is 10.2. The predicted octanol–water partition coefficient (Wildman–Crippen LogP) is 2.28. The van der Waals surface area contributed by atoms with Gasteiger partial charge in [-0.3, -0.25) is 14.7 Å². The first-order chi connectivity index (χ1) is 14.3. The van der Waals surface area contributed by atoms with Gasteiger partial charge < -0.3 is 15.4 Å². The number of H-pyrrole nitrogens is 1. The third-order valence-corrected chi connectivity index (χ3v) is 4.05. The number of hydrogen-bond donors (Lipinski definition) is 3. The zero-order valence-electron chi connectivity index (χ0n) is 15.5. The molecule has 0 aliphatic heterocycles. The van der Waals surface area contributed by atoms with Gasteiger partial charge in [0.25, 0.3) is 5.91 Å². The molecule has 0 saturated heterocycles. The van der Waals surface area contributed by atoms with E-state index in [1.54, 1.807) is 24.3 Å². The average Bonchev–Trinajstić information content (AvgIpc) is 3.16. The number of fused-ring (bicyclic) bond motifs is 1. The monoisotopic (exact) mass is 420 g/mol. The van der Waals surface area contributed by atoms with Crippen molar-refractivity contribution in [3.63, 3.8) is 0 Å². The van der Waals surface area contributed by atoms with Gasteiger partial charge in [-0.2, -0.15) is 5.10 Å². The summed E-state index contributed by atoms with van der Waals surface area (Å²) in [6.07, 6.45) is -1.26. The van der Waals surface area contributed by atoms with E-state index in [1.807, 2.05) is 5.32 Å². The summed E-state index contributed by atoms with van der Waals surface area (Å²) < 4.78 is 44.7. The van der Waals surface area contributed by atoms with Crippen molar-refractivity contribution < 1.29 is 32.3 Å². The quantitative estimate of drug-likeness (QED) is 0.418.